The van der Waals surface area contributed by atoms with E-state index in [9.17, 15) is 19.2 Å². The Bertz CT molecular complexity index is 1090. The zero-order chi connectivity index (χ0) is 24.1. The molecule has 176 valence electrons. The Hall–Kier alpha value is -3.74. The van der Waals surface area contributed by atoms with E-state index in [1.807, 2.05) is 67.6 Å². The van der Waals surface area contributed by atoms with Gasteiger partial charge in [-0.3, -0.25) is 19.3 Å². The van der Waals surface area contributed by atoms with E-state index in [-0.39, 0.29) is 18.2 Å². The van der Waals surface area contributed by atoms with Gasteiger partial charge in [0, 0.05) is 12.1 Å². The smallest absolute Gasteiger partial charge is 0.330 e. The maximum absolute atomic E-state index is 13.1. The molecule has 3 amide bonds. The van der Waals surface area contributed by atoms with E-state index in [0.717, 1.165) is 22.4 Å². The molecule has 3 atom stereocenters. The summed E-state index contributed by atoms with van der Waals surface area (Å²) in [5.41, 5.74) is 2.42. The number of anilines is 1. The summed E-state index contributed by atoms with van der Waals surface area (Å²) in [7, 11) is 0. The predicted octanol–water partition coefficient (Wildman–Crippen LogP) is 3.29. The normalized spacial score (nSPS) is 20.1. The van der Waals surface area contributed by atoms with Crippen molar-refractivity contribution in [3.8, 4) is 0 Å². The quantitative estimate of drug-likeness (QED) is 0.371. The number of esters is 1. The van der Waals surface area contributed by atoms with Crippen LogP contribution in [-0.4, -0.2) is 41.2 Å². The zero-order valence-corrected chi connectivity index (χ0v) is 19.1. The first-order valence-electron chi connectivity index (χ1n) is 11.6. The molecular weight excluding hydrogens is 432 g/mol. The number of imide groups is 1. The lowest BCUT2D eigenvalue weighted by Gasteiger charge is -2.25. The highest BCUT2D eigenvalue weighted by Gasteiger charge is 2.51. The lowest BCUT2D eigenvalue weighted by molar-refractivity contribution is -0.159. The highest BCUT2D eigenvalue weighted by atomic mass is 16.5. The third kappa shape index (κ3) is 4.93. The van der Waals surface area contributed by atoms with Crippen LogP contribution in [0.25, 0.3) is 0 Å². The SMILES string of the molecule is CCc1ccccc1NC(=O)COC(=O)[C@H](Cc1ccccc1)N1C(=O)[C@@H]2CC=CC[C@H]2C1=O. The maximum Gasteiger partial charge on any atom is 0.330 e. The summed E-state index contributed by atoms with van der Waals surface area (Å²) in [5, 5.41) is 2.76. The fourth-order valence-corrected chi connectivity index (χ4v) is 4.62. The number of hydrogen-bond donors (Lipinski definition) is 1. The van der Waals surface area contributed by atoms with E-state index in [0.29, 0.717) is 18.5 Å². The number of fused-ring (bicyclic) bond motifs is 1. The van der Waals surface area contributed by atoms with E-state index in [1.54, 1.807) is 6.07 Å². The molecule has 2 aromatic carbocycles. The number of benzene rings is 2. The lowest BCUT2D eigenvalue weighted by atomic mass is 9.85. The Balaban J connectivity index is 1.49. The number of allylic oxidation sites excluding steroid dienone is 2. The first kappa shape index (κ1) is 23.4. The summed E-state index contributed by atoms with van der Waals surface area (Å²) in [6.07, 6.45) is 5.64. The average molecular weight is 461 g/mol. The van der Waals surface area contributed by atoms with Crippen molar-refractivity contribution in [3.63, 3.8) is 0 Å². The van der Waals surface area contributed by atoms with Crippen molar-refractivity contribution in [3.05, 3.63) is 77.9 Å². The van der Waals surface area contributed by atoms with E-state index in [2.05, 4.69) is 5.32 Å². The molecule has 34 heavy (non-hydrogen) atoms. The van der Waals surface area contributed by atoms with Gasteiger partial charge < -0.3 is 10.1 Å². The van der Waals surface area contributed by atoms with Gasteiger partial charge in [-0.2, -0.15) is 0 Å². The first-order valence-corrected chi connectivity index (χ1v) is 11.6. The fraction of sp³-hybridized carbons (Fsp3) is 0.333. The predicted molar refractivity (Wildman–Crippen MR) is 127 cm³/mol. The third-order valence-corrected chi connectivity index (χ3v) is 6.42. The van der Waals surface area contributed by atoms with Crippen LogP contribution in [0.1, 0.15) is 30.9 Å². The Morgan fingerprint density at radius 3 is 2.24 bits per heavy atom. The number of rotatable bonds is 8. The average Bonchev–Trinajstić information content (AvgIpc) is 3.12. The van der Waals surface area contributed by atoms with Gasteiger partial charge in [0.2, 0.25) is 11.8 Å². The summed E-state index contributed by atoms with van der Waals surface area (Å²) in [6, 6.07) is 15.4. The van der Waals surface area contributed by atoms with Gasteiger partial charge in [-0.15, -0.1) is 0 Å². The van der Waals surface area contributed by atoms with Crippen molar-refractivity contribution < 1.29 is 23.9 Å². The largest absolute Gasteiger partial charge is 0.454 e. The summed E-state index contributed by atoms with van der Waals surface area (Å²) in [5.74, 6) is -2.84. The van der Waals surface area contributed by atoms with Crippen molar-refractivity contribution in [1.29, 1.82) is 0 Å². The molecule has 1 heterocycles. The number of ether oxygens (including phenoxy) is 1. The number of para-hydroxylation sites is 1. The number of nitrogens with zero attached hydrogens (tertiary/aromatic N) is 1. The number of aryl methyl sites for hydroxylation is 1. The van der Waals surface area contributed by atoms with E-state index in [1.165, 1.54) is 0 Å². The number of nitrogens with one attached hydrogen (secondary N) is 1. The molecule has 0 spiro atoms. The van der Waals surface area contributed by atoms with Crippen LogP contribution in [0, 0.1) is 11.8 Å². The minimum atomic E-state index is -1.12. The number of carbonyl (C=O) groups is 4. The maximum atomic E-state index is 13.1. The Labute approximate surface area is 198 Å². The van der Waals surface area contributed by atoms with Crippen LogP contribution in [0.2, 0.25) is 0 Å². The molecule has 1 saturated heterocycles. The van der Waals surface area contributed by atoms with Gasteiger partial charge in [0.1, 0.15) is 6.04 Å². The summed E-state index contributed by atoms with van der Waals surface area (Å²) in [4.78, 5) is 52.9. The van der Waals surface area contributed by atoms with Crippen molar-refractivity contribution >= 4 is 29.4 Å². The van der Waals surface area contributed by atoms with Crippen LogP contribution in [0.15, 0.2) is 66.7 Å². The summed E-state index contributed by atoms with van der Waals surface area (Å²) in [6.45, 7) is 1.48. The van der Waals surface area contributed by atoms with Gasteiger partial charge in [0.15, 0.2) is 6.61 Å². The van der Waals surface area contributed by atoms with Gasteiger partial charge >= 0.3 is 5.97 Å². The Morgan fingerprint density at radius 2 is 1.59 bits per heavy atom. The molecule has 1 N–H and O–H groups in total. The molecule has 2 aromatic rings. The van der Waals surface area contributed by atoms with Gasteiger partial charge in [0.05, 0.1) is 11.8 Å². The second-order valence-electron chi connectivity index (χ2n) is 8.57. The molecule has 1 fully saturated rings. The molecule has 0 unspecified atom stereocenters. The van der Waals surface area contributed by atoms with Crippen molar-refractivity contribution in [2.75, 3.05) is 11.9 Å². The Morgan fingerprint density at radius 1 is 0.971 bits per heavy atom. The molecule has 1 aliphatic carbocycles. The molecule has 0 radical (unpaired) electrons. The van der Waals surface area contributed by atoms with Crippen LogP contribution < -0.4 is 5.32 Å². The monoisotopic (exact) mass is 460 g/mol. The summed E-state index contributed by atoms with van der Waals surface area (Å²) < 4.78 is 5.33. The Kier molecular flexibility index (Phi) is 7.21. The van der Waals surface area contributed by atoms with Gasteiger partial charge in [-0.1, -0.05) is 67.6 Å². The van der Waals surface area contributed by atoms with Crippen LogP contribution >= 0.6 is 0 Å². The third-order valence-electron chi connectivity index (χ3n) is 6.42. The second-order valence-corrected chi connectivity index (χ2v) is 8.57. The van der Waals surface area contributed by atoms with Crippen LogP contribution in [0.3, 0.4) is 0 Å². The highest BCUT2D eigenvalue weighted by molar-refractivity contribution is 6.08. The van der Waals surface area contributed by atoms with Crippen LogP contribution in [-0.2, 0) is 36.8 Å². The molecule has 7 heteroatoms. The van der Waals surface area contributed by atoms with E-state index < -0.39 is 36.4 Å². The van der Waals surface area contributed by atoms with Gasteiger partial charge in [-0.25, -0.2) is 4.79 Å². The molecule has 0 bridgehead atoms. The van der Waals surface area contributed by atoms with Crippen LogP contribution in [0.5, 0.6) is 0 Å². The number of hydrogen-bond acceptors (Lipinski definition) is 5. The summed E-state index contributed by atoms with van der Waals surface area (Å²) >= 11 is 0. The molecule has 2 aliphatic rings. The minimum absolute atomic E-state index is 0.129. The molecular formula is C27H28N2O5. The zero-order valence-electron chi connectivity index (χ0n) is 19.1. The molecule has 4 rings (SSSR count). The van der Waals surface area contributed by atoms with Gasteiger partial charge in [0.25, 0.3) is 5.91 Å². The number of amides is 3. The molecule has 1 aliphatic heterocycles. The number of carbonyl (C=O) groups excluding carboxylic acids is 4. The number of likely N-dealkylation sites (tertiary alicyclic amines) is 1. The van der Waals surface area contributed by atoms with E-state index in [4.69, 9.17) is 4.74 Å². The molecule has 7 nitrogen and oxygen atoms in total. The standard InChI is InChI=1S/C27H28N2O5/c1-2-19-12-6-9-15-22(19)28-24(30)17-34-27(33)23(16-18-10-4-3-5-11-18)29-25(31)20-13-7-8-14-21(20)26(29)32/h3-12,15,20-21,23H,2,13-14,16-17H2,1H3,(H,28,30)/t20-,21-,23+/m1/s1. The fourth-order valence-electron chi connectivity index (χ4n) is 4.62. The van der Waals surface area contributed by atoms with Crippen molar-refractivity contribution in [1.82, 2.24) is 4.90 Å². The first-order chi connectivity index (χ1) is 16.5. The molecule has 0 saturated carbocycles. The molecule has 0 aromatic heterocycles. The van der Waals surface area contributed by atoms with Crippen molar-refractivity contribution in [2.24, 2.45) is 11.8 Å². The highest BCUT2D eigenvalue weighted by Crippen LogP contribution is 2.36. The lowest BCUT2D eigenvalue weighted by Crippen LogP contribution is -2.48. The van der Waals surface area contributed by atoms with Crippen LogP contribution in [0.4, 0.5) is 5.69 Å². The minimum Gasteiger partial charge on any atom is -0.454 e. The van der Waals surface area contributed by atoms with Gasteiger partial charge in [-0.05, 0) is 36.5 Å². The second kappa shape index (κ2) is 10.5. The topological polar surface area (TPSA) is 92.8 Å². The van der Waals surface area contributed by atoms with Crippen molar-refractivity contribution in [2.45, 2.75) is 38.6 Å². The van der Waals surface area contributed by atoms with E-state index >= 15 is 0 Å².